The lowest BCUT2D eigenvalue weighted by atomic mass is 9.98. The molecule has 0 spiro atoms. The molecule has 2 aliphatic heterocycles. The molecule has 0 aromatic heterocycles. The van der Waals surface area contributed by atoms with E-state index < -0.39 is 29.1 Å². The summed E-state index contributed by atoms with van der Waals surface area (Å²) in [5, 5.41) is 2.80. The third kappa shape index (κ3) is 4.53. The van der Waals surface area contributed by atoms with Gasteiger partial charge in [-0.3, -0.25) is 19.3 Å². The lowest BCUT2D eigenvalue weighted by molar-refractivity contribution is -0.130. The van der Waals surface area contributed by atoms with Crippen LogP contribution < -0.4 is 5.32 Å². The second kappa shape index (κ2) is 9.36. The van der Waals surface area contributed by atoms with Gasteiger partial charge in [-0.15, -0.1) is 0 Å². The number of benzene rings is 2. The van der Waals surface area contributed by atoms with Crippen molar-refractivity contribution in [3.05, 3.63) is 74.1 Å². The molecule has 1 unspecified atom stereocenters. The van der Waals surface area contributed by atoms with Crippen molar-refractivity contribution in [2.45, 2.75) is 12.5 Å². The molecule has 2 aliphatic rings. The molecule has 2 heterocycles. The fraction of sp³-hybridized carbons (Fsp3) is 0.182. The van der Waals surface area contributed by atoms with Crippen LogP contribution in [-0.4, -0.2) is 47.1 Å². The maximum atomic E-state index is 12.6. The average Bonchev–Trinajstić information content (AvgIpc) is 3.04. The number of carbonyl (C=O) groups excluding carboxylic acids is 4. The van der Waals surface area contributed by atoms with E-state index in [9.17, 15) is 19.2 Å². The fourth-order valence-corrected chi connectivity index (χ4v) is 4.57. The average molecular weight is 491 g/mol. The first kappa shape index (κ1) is 22.4. The van der Waals surface area contributed by atoms with E-state index in [2.05, 4.69) is 5.32 Å². The van der Waals surface area contributed by atoms with E-state index in [1.807, 2.05) is 0 Å². The van der Waals surface area contributed by atoms with Gasteiger partial charge in [0.15, 0.2) is 6.10 Å². The molecule has 0 radical (unpaired) electrons. The molecule has 1 fully saturated rings. The molecule has 164 valence electrons. The Hall–Kier alpha value is -2.81. The number of cyclic esters (lactones) is 1. The molecule has 0 bridgehead atoms. The normalized spacial score (nSPS) is 19.2. The quantitative estimate of drug-likeness (QED) is 0.504. The number of rotatable bonds is 5. The summed E-state index contributed by atoms with van der Waals surface area (Å²) < 4.78 is 5.21. The molecule has 7 nitrogen and oxygen atoms in total. The highest BCUT2D eigenvalue weighted by Crippen LogP contribution is 2.34. The van der Waals surface area contributed by atoms with E-state index in [4.69, 9.17) is 27.9 Å². The Labute approximate surface area is 197 Å². The van der Waals surface area contributed by atoms with Crippen LogP contribution in [0.25, 0.3) is 6.08 Å². The summed E-state index contributed by atoms with van der Waals surface area (Å²) in [6, 6.07) is 11.9. The first-order valence-electron chi connectivity index (χ1n) is 9.61. The van der Waals surface area contributed by atoms with E-state index in [0.29, 0.717) is 16.1 Å². The van der Waals surface area contributed by atoms with Gasteiger partial charge in [-0.1, -0.05) is 53.5 Å². The Kier molecular flexibility index (Phi) is 6.55. The SMILES string of the molecule is O=C1OC(C(=O)NCCN2C(=O)S/C(=C\c3cccc(Cl)c3Cl)C2=O)Cc2ccccc21. The summed E-state index contributed by atoms with van der Waals surface area (Å²) in [5.41, 5.74) is 1.71. The van der Waals surface area contributed by atoms with Crippen molar-refractivity contribution >= 4 is 64.1 Å². The molecule has 1 saturated heterocycles. The molecule has 2 aromatic carbocycles. The summed E-state index contributed by atoms with van der Waals surface area (Å²) in [7, 11) is 0. The topological polar surface area (TPSA) is 92.8 Å². The number of hydrogen-bond acceptors (Lipinski definition) is 6. The summed E-state index contributed by atoms with van der Waals surface area (Å²) in [6.07, 6.45) is 0.812. The van der Waals surface area contributed by atoms with Crippen molar-refractivity contribution in [3.8, 4) is 0 Å². The van der Waals surface area contributed by atoms with Crippen LogP contribution in [0.15, 0.2) is 47.4 Å². The van der Waals surface area contributed by atoms with Crippen molar-refractivity contribution in [1.82, 2.24) is 10.2 Å². The van der Waals surface area contributed by atoms with Gasteiger partial charge in [0.1, 0.15) is 0 Å². The summed E-state index contributed by atoms with van der Waals surface area (Å²) in [6.45, 7) is 0.00600. The van der Waals surface area contributed by atoms with Gasteiger partial charge in [0.05, 0.1) is 20.5 Å². The monoisotopic (exact) mass is 490 g/mol. The molecule has 2 aromatic rings. The minimum atomic E-state index is -0.961. The molecular formula is C22H16Cl2N2O5S. The van der Waals surface area contributed by atoms with Crippen LogP contribution in [0.4, 0.5) is 4.79 Å². The van der Waals surface area contributed by atoms with Gasteiger partial charge in [-0.2, -0.15) is 0 Å². The van der Waals surface area contributed by atoms with Crippen molar-refractivity contribution in [3.63, 3.8) is 0 Å². The Morgan fingerprint density at radius 3 is 2.75 bits per heavy atom. The highest BCUT2D eigenvalue weighted by atomic mass is 35.5. The van der Waals surface area contributed by atoms with Crippen molar-refractivity contribution in [2.24, 2.45) is 0 Å². The number of amides is 3. The lowest BCUT2D eigenvalue weighted by Crippen LogP contribution is -2.44. The maximum Gasteiger partial charge on any atom is 0.339 e. The standard InChI is InChI=1S/C22H16Cl2N2O5S/c23-15-7-3-5-13(18(15)24)11-17-20(28)26(22(30)32-17)9-8-25-19(27)16-10-12-4-1-2-6-14(12)21(29)31-16/h1-7,11,16H,8-10H2,(H,25,27)/b17-11-. The molecule has 0 aliphatic carbocycles. The first-order valence-corrected chi connectivity index (χ1v) is 11.2. The number of fused-ring (bicyclic) bond motifs is 1. The molecular weight excluding hydrogens is 475 g/mol. The number of thioether (sulfide) groups is 1. The second-order valence-electron chi connectivity index (χ2n) is 7.02. The van der Waals surface area contributed by atoms with Crippen LogP contribution in [0.5, 0.6) is 0 Å². The Bertz CT molecular complexity index is 1170. The summed E-state index contributed by atoms with van der Waals surface area (Å²) in [5.74, 6) is -1.52. The van der Waals surface area contributed by atoms with Crippen LogP contribution >= 0.6 is 35.0 Å². The van der Waals surface area contributed by atoms with Crippen molar-refractivity contribution in [2.75, 3.05) is 13.1 Å². The van der Waals surface area contributed by atoms with E-state index in [1.54, 1.807) is 42.5 Å². The molecule has 1 atom stereocenters. The van der Waals surface area contributed by atoms with Gasteiger partial charge in [-0.25, -0.2) is 4.79 Å². The van der Waals surface area contributed by atoms with Gasteiger partial charge < -0.3 is 10.1 Å². The summed E-state index contributed by atoms with van der Waals surface area (Å²) >= 11 is 12.9. The molecule has 3 amide bonds. The molecule has 4 rings (SSSR count). The lowest BCUT2D eigenvalue weighted by Gasteiger charge is -2.24. The van der Waals surface area contributed by atoms with Crippen LogP contribution in [0.2, 0.25) is 10.0 Å². The van der Waals surface area contributed by atoms with E-state index in [1.165, 1.54) is 6.08 Å². The maximum absolute atomic E-state index is 12.6. The zero-order chi connectivity index (χ0) is 22.8. The van der Waals surface area contributed by atoms with Crippen molar-refractivity contribution < 1.29 is 23.9 Å². The van der Waals surface area contributed by atoms with Gasteiger partial charge in [0, 0.05) is 19.5 Å². The number of nitrogens with one attached hydrogen (secondary N) is 1. The molecule has 1 N–H and O–H groups in total. The van der Waals surface area contributed by atoms with Crippen LogP contribution in [-0.2, 0) is 20.7 Å². The summed E-state index contributed by atoms with van der Waals surface area (Å²) in [4.78, 5) is 50.7. The minimum absolute atomic E-state index is 0.0196. The fourth-order valence-electron chi connectivity index (χ4n) is 3.35. The van der Waals surface area contributed by atoms with Gasteiger partial charge in [-0.05, 0) is 41.1 Å². The first-order chi connectivity index (χ1) is 15.3. The van der Waals surface area contributed by atoms with Crippen LogP contribution in [0.1, 0.15) is 21.5 Å². The number of imide groups is 1. The molecule has 32 heavy (non-hydrogen) atoms. The number of hydrogen-bond donors (Lipinski definition) is 1. The molecule has 0 saturated carbocycles. The second-order valence-corrected chi connectivity index (χ2v) is 8.80. The van der Waals surface area contributed by atoms with E-state index in [-0.39, 0.29) is 29.4 Å². The number of ether oxygens (including phenoxy) is 1. The predicted octanol–water partition coefficient (Wildman–Crippen LogP) is 3.93. The number of halogens is 2. The highest BCUT2D eigenvalue weighted by Gasteiger charge is 2.35. The molecule has 10 heteroatoms. The smallest absolute Gasteiger partial charge is 0.339 e. The van der Waals surface area contributed by atoms with Gasteiger partial charge >= 0.3 is 5.97 Å². The minimum Gasteiger partial charge on any atom is -0.448 e. The highest BCUT2D eigenvalue weighted by molar-refractivity contribution is 8.18. The Balaban J connectivity index is 1.35. The van der Waals surface area contributed by atoms with Crippen molar-refractivity contribution in [1.29, 1.82) is 0 Å². The third-order valence-corrected chi connectivity index (χ3v) is 6.70. The number of carbonyl (C=O) groups is 4. The Morgan fingerprint density at radius 1 is 1.16 bits per heavy atom. The zero-order valence-electron chi connectivity index (χ0n) is 16.5. The predicted molar refractivity (Wildman–Crippen MR) is 121 cm³/mol. The third-order valence-electron chi connectivity index (χ3n) is 4.96. The van der Waals surface area contributed by atoms with E-state index >= 15 is 0 Å². The number of nitrogens with zero attached hydrogens (tertiary/aromatic N) is 1. The van der Waals surface area contributed by atoms with Crippen LogP contribution in [0.3, 0.4) is 0 Å². The van der Waals surface area contributed by atoms with Crippen LogP contribution in [0, 0.1) is 0 Å². The largest absolute Gasteiger partial charge is 0.448 e. The van der Waals surface area contributed by atoms with Gasteiger partial charge in [0.2, 0.25) is 0 Å². The van der Waals surface area contributed by atoms with Gasteiger partial charge in [0.25, 0.3) is 17.1 Å². The number of esters is 1. The Morgan fingerprint density at radius 2 is 1.94 bits per heavy atom. The zero-order valence-corrected chi connectivity index (χ0v) is 18.8. The van der Waals surface area contributed by atoms with E-state index in [0.717, 1.165) is 22.2 Å².